The molecule has 0 aromatic heterocycles. The van der Waals surface area contributed by atoms with Crippen LogP contribution in [0, 0.1) is 0 Å². The fourth-order valence-electron chi connectivity index (χ4n) is 3.45. The van der Waals surface area contributed by atoms with E-state index in [0.717, 1.165) is 22.9 Å². The zero-order chi connectivity index (χ0) is 27.3. The van der Waals surface area contributed by atoms with Crippen molar-refractivity contribution < 1.29 is 34.1 Å². The van der Waals surface area contributed by atoms with Gasteiger partial charge in [-0.2, -0.15) is 0 Å². The Balaban J connectivity index is 0.000000304. The van der Waals surface area contributed by atoms with Crippen molar-refractivity contribution in [1.29, 1.82) is 0 Å². The first-order valence-corrected chi connectivity index (χ1v) is 12.6. The second kappa shape index (κ2) is 14.5. The van der Waals surface area contributed by atoms with Gasteiger partial charge in [-0.1, -0.05) is 66.7 Å². The molecule has 4 rings (SSSR count). The topological polar surface area (TPSA) is 130 Å². The summed E-state index contributed by atoms with van der Waals surface area (Å²) in [6, 6.07) is 24.1. The van der Waals surface area contributed by atoms with Gasteiger partial charge in [-0.3, -0.25) is 24.5 Å². The number of esters is 1. The Morgan fingerprint density at radius 3 is 2.00 bits per heavy atom. The van der Waals surface area contributed by atoms with Crippen LogP contribution in [0.25, 0.3) is 6.08 Å². The Labute approximate surface area is 224 Å². The number of thioether (sulfide) groups is 1. The number of hydrogen-bond acceptors (Lipinski definition) is 7. The van der Waals surface area contributed by atoms with Crippen molar-refractivity contribution in [3.63, 3.8) is 0 Å². The number of rotatable bonds is 9. The lowest BCUT2D eigenvalue weighted by atomic mass is 10.1. The van der Waals surface area contributed by atoms with Gasteiger partial charge in [-0.15, -0.1) is 0 Å². The van der Waals surface area contributed by atoms with Gasteiger partial charge in [0.15, 0.2) is 0 Å². The molecule has 196 valence electrons. The van der Waals surface area contributed by atoms with E-state index in [1.165, 1.54) is 0 Å². The number of hydrogen-bond donors (Lipinski definition) is 3. The highest BCUT2D eigenvalue weighted by atomic mass is 32.2. The molecule has 3 aromatic rings. The monoisotopic (exact) mass is 533 g/mol. The van der Waals surface area contributed by atoms with Gasteiger partial charge < -0.3 is 14.9 Å². The zero-order valence-corrected chi connectivity index (χ0v) is 21.3. The second-order valence-corrected chi connectivity index (χ2v) is 9.23. The molecule has 1 heterocycles. The minimum Gasteiger partial charge on any atom is -0.481 e. The van der Waals surface area contributed by atoms with E-state index in [1.807, 2.05) is 60.7 Å². The van der Waals surface area contributed by atoms with E-state index >= 15 is 0 Å². The van der Waals surface area contributed by atoms with E-state index in [4.69, 9.17) is 9.84 Å². The number of benzene rings is 3. The van der Waals surface area contributed by atoms with Crippen LogP contribution < -0.4 is 10.1 Å². The number of carboxylic acids is 1. The van der Waals surface area contributed by atoms with Crippen LogP contribution >= 0.6 is 11.8 Å². The average molecular weight is 534 g/mol. The lowest BCUT2D eigenvalue weighted by Gasteiger charge is -2.10. The van der Waals surface area contributed by atoms with E-state index in [0.29, 0.717) is 24.0 Å². The van der Waals surface area contributed by atoms with Crippen molar-refractivity contribution in [1.82, 2.24) is 5.32 Å². The van der Waals surface area contributed by atoms with Crippen molar-refractivity contribution in [3.8, 4) is 5.75 Å². The fourth-order valence-corrected chi connectivity index (χ4v) is 4.13. The summed E-state index contributed by atoms with van der Waals surface area (Å²) in [5.41, 5.74) is 3.17. The highest BCUT2D eigenvalue weighted by Crippen LogP contribution is 2.28. The maximum Gasteiger partial charge on any atom is 0.311 e. The standard InChI is InChI=1S/C20H17NO5S.C9H10O2/c22-12-15-10-14(11-17-19(24)21-20(25)27-17)6-8-16(15)26-18(23)9-7-13-4-2-1-3-5-13;10-9(11)7-6-8-4-2-1-3-5-8/h1-6,8,10-11,22H,7,9,12H2,(H,21,24,25);1-5H,6-7H2,(H,10,11)/b17-11-;. The normalized spacial score (nSPS) is 13.4. The van der Waals surface area contributed by atoms with Gasteiger partial charge >= 0.3 is 11.9 Å². The lowest BCUT2D eigenvalue weighted by Crippen LogP contribution is -2.17. The predicted molar refractivity (Wildman–Crippen MR) is 144 cm³/mol. The Kier molecular flexibility index (Phi) is 10.8. The van der Waals surface area contributed by atoms with Crippen molar-refractivity contribution in [3.05, 3.63) is 106 Å². The van der Waals surface area contributed by atoms with E-state index in [-0.39, 0.29) is 30.1 Å². The number of carbonyl (C=O) groups excluding carboxylic acids is 3. The first kappa shape index (κ1) is 28.4. The summed E-state index contributed by atoms with van der Waals surface area (Å²) in [7, 11) is 0. The molecule has 0 bridgehead atoms. The molecule has 2 amide bonds. The molecule has 8 nitrogen and oxygen atoms in total. The van der Waals surface area contributed by atoms with Crippen molar-refractivity contribution >= 4 is 40.9 Å². The number of aliphatic carboxylic acids is 1. The zero-order valence-electron chi connectivity index (χ0n) is 20.5. The second-order valence-electron chi connectivity index (χ2n) is 8.22. The van der Waals surface area contributed by atoms with Gasteiger partial charge in [0.1, 0.15) is 5.75 Å². The molecule has 9 heteroatoms. The van der Waals surface area contributed by atoms with Gasteiger partial charge in [0, 0.05) is 18.4 Å². The number of aryl methyl sites for hydroxylation is 2. The van der Waals surface area contributed by atoms with Crippen LogP contribution in [0.1, 0.15) is 35.1 Å². The number of nitrogens with one attached hydrogen (secondary N) is 1. The number of imide groups is 1. The summed E-state index contributed by atoms with van der Waals surface area (Å²) in [5, 5.41) is 19.7. The first-order chi connectivity index (χ1) is 18.3. The molecular formula is C29H27NO7S. The van der Waals surface area contributed by atoms with Crippen molar-refractivity contribution in [2.24, 2.45) is 0 Å². The Morgan fingerprint density at radius 2 is 1.47 bits per heavy atom. The summed E-state index contributed by atoms with van der Waals surface area (Å²) in [5.74, 6) is -1.31. The fraction of sp³-hybridized carbons (Fsp3) is 0.172. The van der Waals surface area contributed by atoms with Crippen LogP contribution in [-0.2, 0) is 33.8 Å². The van der Waals surface area contributed by atoms with E-state index in [9.17, 15) is 24.3 Å². The van der Waals surface area contributed by atoms with E-state index < -0.39 is 23.1 Å². The number of ether oxygens (including phenoxy) is 1. The molecule has 0 saturated carbocycles. The van der Waals surface area contributed by atoms with Crippen LogP contribution in [0.15, 0.2) is 83.8 Å². The minimum atomic E-state index is -0.742. The van der Waals surface area contributed by atoms with Crippen LogP contribution in [0.5, 0.6) is 5.75 Å². The van der Waals surface area contributed by atoms with Crippen LogP contribution in [0.2, 0.25) is 0 Å². The predicted octanol–water partition coefficient (Wildman–Crippen LogP) is 4.74. The van der Waals surface area contributed by atoms with E-state index in [1.54, 1.807) is 24.3 Å². The summed E-state index contributed by atoms with van der Waals surface area (Å²) < 4.78 is 5.36. The summed E-state index contributed by atoms with van der Waals surface area (Å²) >= 11 is 0.815. The highest BCUT2D eigenvalue weighted by Gasteiger charge is 2.25. The molecule has 3 aromatic carbocycles. The van der Waals surface area contributed by atoms with Crippen molar-refractivity contribution in [2.45, 2.75) is 32.3 Å². The van der Waals surface area contributed by atoms with Crippen LogP contribution in [0.3, 0.4) is 0 Å². The minimum absolute atomic E-state index is 0.212. The SMILES string of the molecule is O=C(CCc1ccccc1)Oc1ccc(/C=C2\SC(=O)NC2=O)cc1CO.O=C(O)CCc1ccccc1. The van der Waals surface area contributed by atoms with Gasteiger partial charge in [0.25, 0.3) is 11.1 Å². The first-order valence-electron chi connectivity index (χ1n) is 11.8. The van der Waals surface area contributed by atoms with Crippen LogP contribution in [-0.4, -0.2) is 33.3 Å². The molecule has 3 N–H and O–H groups in total. The van der Waals surface area contributed by atoms with Gasteiger partial charge in [-0.05, 0) is 59.5 Å². The Hall–Kier alpha value is -4.21. The molecule has 0 atom stereocenters. The molecular weight excluding hydrogens is 506 g/mol. The summed E-state index contributed by atoms with van der Waals surface area (Å²) in [4.78, 5) is 45.3. The van der Waals surface area contributed by atoms with Gasteiger partial charge in [-0.25, -0.2) is 0 Å². The smallest absolute Gasteiger partial charge is 0.311 e. The third-order valence-electron chi connectivity index (χ3n) is 5.35. The largest absolute Gasteiger partial charge is 0.481 e. The van der Waals surface area contributed by atoms with Crippen molar-refractivity contribution in [2.75, 3.05) is 0 Å². The van der Waals surface area contributed by atoms with E-state index in [2.05, 4.69) is 5.32 Å². The summed E-state index contributed by atoms with van der Waals surface area (Å²) in [6.07, 6.45) is 3.17. The molecule has 0 spiro atoms. The number of aliphatic hydroxyl groups is 1. The molecule has 1 aliphatic heterocycles. The van der Waals surface area contributed by atoms with Gasteiger partial charge in [0.2, 0.25) is 0 Å². The maximum absolute atomic E-state index is 12.1. The summed E-state index contributed by atoms with van der Waals surface area (Å²) in [6.45, 7) is -0.323. The third kappa shape index (κ3) is 9.34. The molecule has 38 heavy (non-hydrogen) atoms. The number of amides is 2. The number of carbonyl (C=O) groups is 4. The molecule has 1 aliphatic rings. The number of aliphatic hydroxyl groups excluding tert-OH is 1. The number of carboxylic acid groups (broad SMARTS) is 1. The third-order valence-corrected chi connectivity index (χ3v) is 6.16. The average Bonchev–Trinajstić information content (AvgIpc) is 3.24. The lowest BCUT2D eigenvalue weighted by molar-refractivity contribution is -0.137. The molecule has 1 fully saturated rings. The van der Waals surface area contributed by atoms with Gasteiger partial charge in [0.05, 0.1) is 11.5 Å². The van der Waals surface area contributed by atoms with Crippen LogP contribution in [0.4, 0.5) is 4.79 Å². The molecule has 0 radical (unpaired) electrons. The quantitative estimate of drug-likeness (QED) is 0.204. The molecule has 1 saturated heterocycles. The molecule has 0 aliphatic carbocycles. The molecule has 0 unspecified atom stereocenters. The highest BCUT2D eigenvalue weighted by molar-refractivity contribution is 8.18. The Bertz CT molecular complexity index is 1310. The maximum atomic E-state index is 12.1. The Morgan fingerprint density at radius 1 is 0.868 bits per heavy atom.